The summed E-state index contributed by atoms with van der Waals surface area (Å²) in [7, 11) is 0. The molecule has 0 aliphatic heterocycles. The molecule has 0 atom stereocenters. The highest BCUT2D eigenvalue weighted by Gasteiger charge is 1.99. The van der Waals surface area contributed by atoms with Crippen molar-refractivity contribution in [2.45, 2.75) is 6.92 Å². The van der Waals surface area contributed by atoms with Gasteiger partial charge in [0.2, 0.25) is 0 Å². The van der Waals surface area contributed by atoms with E-state index in [1.165, 1.54) is 12.1 Å². The first kappa shape index (κ1) is 11.3. The van der Waals surface area contributed by atoms with Gasteiger partial charge in [-0.2, -0.15) is 0 Å². The highest BCUT2D eigenvalue weighted by atomic mass is 19.1. The molecule has 5 heteroatoms. The summed E-state index contributed by atoms with van der Waals surface area (Å²) < 4.78 is 12.7. The largest absolute Gasteiger partial charge is 0.369 e. The minimum absolute atomic E-state index is 0.261. The summed E-state index contributed by atoms with van der Waals surface area (Å²) in [5, 5.41) is 6.12. The molecule has 2 aromatic rings. The Morgan fingerprint density at radius 3 is 2.53 bits per heavy atom. The molecule has 88 valence electrons. The van der Waals surface area contributed by atoms with E-state index in [-0.39, 0.29) is 5.82 Å². The van der Waals surface area contributed by atoms with Crippen molar-refractivity contribution in [1.82, 2.24) is 9.97 Å². The molecule has 0 saturated carbocycles. The third kappa shape index (κ3) is 3.14. The molecule has 0 amide bonds. The van der Waals surface area contributed by atoms with E-state index in [0.29, 0.717) is 11.6 Å². The van der Waals surface area contributed by atoms with Gasteiger partial charge in [0.15, 0.2) is 5.82 Å². The molecule has 1 heterocycles. The van der Waals surface area contributed by atoms with Crippen molar-refractivity contribution < 1.29 is 4.39 Å². The average Bonchev–Trinajstić information content (AvgIpc) is 2.33. The highest BCUT2D eigenvalue weighted by Crippen LogP contribution is 2.15. The molecule has 17 heavy (non-hydrogen) atoms. The molecule has 0 aliphatic carbocycles. The fraction of sp³-hybridized carbons (Fsp3) is 0.167. The predicted octanol–water partition coefficient (Wildman–Crippen LogP) is 2.79. The Bertz CT molecular complexity index is 484. The molecule has 4 nitrogen and oxygen atoms in total. The van der Waals surface area contributed by atoms with Gasteiger partial charge < -0.3 is 10.6 Å². The third-order valence-corrected chi connectivity index (χ3v) is 2.11. The van der Waals surface area contributed by atoms with Gasteiger partial charge in [0.05, 0.1) is 12.4 Å². The standard InChI is InChI=1S/C12H13FN4/c1-2-15-11-7-14-8-12(17-11)16-10-5-3-9(13)4-6-10/h3-8H,2H2,1H3,(H2,15,16,17). The van der Waals surface area contributed by atoms with Crippen LogP contribution in [0.2, 0.25) is 0 Å². The molecule has 2 rings (SSSR count). The second-order valence-corrected chi connectivity index (χ2v) is 3.45. The van der Waals surface area contributed by atoms with Gasteiger partial charge in [-0.15, -0.1) is 0 Å². The van der Waals surface area contributed by atoms with Crippen molar-refractivity contribution in [2.24, 2.45) is 0 Å². The van der Waals surface area contributed by atoms with E-state index in [1.807, 2.05) is 6.92 Å². The zero-order valence-electron chi connectivity index (χ0n) is 9.44. The number of benzene rings is 1. The fourth-order valence-corrected chi connectivity index (χ4v) is 1.37. The lowest BCUT2D eigenvalue weighted by molar-refractivity contribution is 0.628. The lowest BCUT2D eigenvalue weighted by atomic mass is 10.3. The summed E-state index contributed by atoms with van der Waals surface area (Å²) in [6, 6.07) is 6.09. The second kappa shape index (κ2) is 5.25. The van der Waals surface area contributed by atoms with Crippen LogP contribution >= 0.6 is 0 Å². The van der Waals surface area contributed by atoms with E-state index in [2.05, 4.69) is 20.6 Å². The third-order valence-electron chi connectivity index (χ3n) is 2.11. The monoisotopic (exact) mass is 232 g/mol. The van der Waals surface area contributed by atoms with Gasteiger partial charge in [-0.3, -0.25) is 4.98 Å². The predicted molar refractivity (Wildman–Crippen MR) is 65.9 cm³/mol. The van der Waals surface area contributed by atoms with Gasteiger partial charge in [-0.1, -0.05) is 0 Å². The first-order chi connectivity index (χ1) is 8.28. The molecule has 0 fully saturated rings. The topological polar surface area (TPSA) is 49.8 Å². The Labute approximate surface area is 98.9 Å². The van der Waals surface area contributed by atoms with Gasteiger partial charge in [0.25, 0.3) is 0 Å². The number of nitrogens with one attached hydrogen (secondary N) is 2. The van der Waals surface area contributed by atoms with Crippen molar-refractivity contribution in [3.05, 3.63) is 42.5 Å². The first-order valence-electron chi connectivity index (χ1n) is 5.36. The molecule has 0 aliphatic rings. The molecule has 0 saturated heterocycles. The normalized spacial score (nSPS) is 10.0. The summed E-state index contributed by atoms with van der Waals surface area (Å²) in [6.07, 6.45) is 3.27. The van der Waals surface area contributed by atoms with Gasteiger partial charge >= 0.3 is 0 Å². The summed E-state index contributed by atoms with van der Waals surface area (Å²) >= 11 is 0. The van der Waals surface area contributed by atoms with Crippen LogP contribution in [0.15, 0.2) is 36.7 Å². The van der Waals surface area contributed by atoms with Crippen LogP contribution in [0.1, 0.15) is 6.92 Å². The van der Waals surface area contributed by atoms with Crippen LogP contribution in [0.5, 0.6) is 0 Å². The lowest BCUT2D eigenvalue weighted by Gasteiger charge is -2.07. The van der Waals surface area contributed by atoms with Gasteiger partial charge in [-0.05, 0) is 31.2 Å². The fourth-order valence-electron chi connectivity index (χ4n) is 1.37. The number of hydrogen-bond acceptors (Lipinski definition) is 4. The van der Waals surface area contributed by atoms with Gasteiger partial charge in [0, 0.05) is 12.2 Å². The quantitative estimate of drug-likeness (QED) is 0.851. The number of aromatic nitrogens is 2. The van der Waals surface area contributed by atoms with E-state index in [0.717, 1.165) is 12.2 Å². The first-order valence-corrected chi connectivity index (χ1v) is 5.36. The number of anilines is 3. The molecular weight excluding hydrogens is 219 g/mol. The van der Waals surface area contributed by atoms with Crippen LogP contribution in [0.25, 0.3) is 0 Å². The number of halogens is 1. The number of rotatable bonds is 4. The van der Waals surface area contributed by atoms with E-state index >= 15 is 0 Å². The summed E-state index contributed by atoms with van der Waals surface area (Å²) in [6.45, 7) is 2.77. The number of hydrogen-bond donors (Lipinski definition) is 2. The maximum Gasteiger partial charge on any atom is 0.151 e. The Balaban J connectivity index is 2.12. The minimum Gasteiger partial charge on any atom is -0.369 e. The van der Waals surface area contributed by atoms with E-state index < -0.39 is 0 Å². The molecular formula is C12H13FN4. The zero-order valence-corrected chi connectivity index (χ0v) is 9.44. The Hall–Kier alpha value is -2.17. The van der Waals surface area contributed by atoms with Crippen molar-refractivity contribution in [2.75, 3.05) is 17.2 Å². The minimum atomic E-state index is -0.261. The summed E-state index contributed by atoms with van der Waals surface area (Å²) in [5.74, 6) is 1.07. The van der Waals surface area contributed by atoms with Crippen molar-refractivity contribution in [3.63, 3.8) is 0 Å². The number of nitrogens with zero attached hydrogens (tertiary/aromatic N) is 2. The smallest absolute Gasteiger partial charge is 0.151 e. The van der Waals surface area contributed by atoms with Crippen molar-refractivity contribution >= 4 is 17.3 Å². The van der Waals surface area contributed by atoms with Gasteiger partial charge in [-0.25, -0.2) is 9.37 Å². The molecule has 1 aromatic carbocycles. The maximum absolute atomic E-state index is 12.7. The zero-order chi connectivity index (χ0) is 12.1. The molecule has 0 unspecified atom stereocenters. The molecule has 2 N–H and O–H groups in total. The Kier molecular flexibility index (Phi) is 3.49. The van der Waals surface area contributed by atoms with Gasteiger partial charge in [0.1, 0.15) is 11.6 Å². The van der Waals surface area contributed by atoms with Crippen LogP contribution in [-0.2, 0) is 0 Å². The van der Waals surface area contributed by atoms with E-state index in [9.17, 15) is 4.39 Å². The van der Waals surface area contributed by atoms with Crippen LogP contribution < -0.4 is 10.6 Å². The van der Waals surface area contributed by atoms with Crippen LogP contribution in [0.3, 0.4) is 0 Å². The molecule has 1 aromatic heterocycles. The van der Waals surface area contributed by atoms with Crippen molar-refractivity contribution in [1.29, 1.82) is 0 Å². The molecule has 0 spiro atoms. The summed E-state index contributed by atoms with van der Waals surface area (Å²) in [4.78, 5) is 8.36. The Morgan fingerprint density at radius 2 is 1.82 bits per heavy atom. The Morgan fingerprint density at radius 1 is 1.12 bits per heavy atom. The van der Waals surface area contributed by atoms with E-state index in [4.69, 9.17) is 0 Å². The molecule has 0 radical (unpaired) electrons. The summed E-state index contributed by atoms with van der Waals surface area (Å²) in [5.41, 5.74) is 0.773. The highest BCUT2D eigenvalue weighted by molar-refractivity contribution is 5.56. The average molecular weight is 232 g/mol. The van der Waals surface area contributed by atoms with E-state index in [1.54, 1.807) is 24.5 Å². The van der Waals surface area contributed by atoms with Crippen LogP contribution in [0.4, 0.5) is 21.7 Å². The SMILES string of the molecule is CCNc1cncc(Nc2ccc(F)cc2)n1. The van der Waals surface area contributed by atoms with Crippen LogP contribution in [-0.4, -0.2) is 16.5 Å². The van der Waals surface area contributed by atoms with Crippen LogP contribution in [0, 0.1) is 5.82 Å². The maximum atomic E-state index is 12.7. The lowest BCUT2D eigenvalue weighted by Crippen LogP contribution is -2.02. The second-order valence-electron chi connectivity index (χ2n) is 3.45. The molecule has 0 bridgehead atoms. The van der Waals surface area contributed by atoms with Crippen molar-refractivity contribution in [3.8, 4) is 0 Å².